The summed E-state index contributed by atoms with van der Waals surface area (Å²) in [6.45, 7) is 1.51. The van der Waals surface area contributed by atoms with E-state index in [2.05, 4.69) is 41.2 Å². The molecule has 1 aliphatic rings. The summed E-state index contributed by atoms with van der Waals surface area (Å²) < 4.78 is 7.47. The molecule has 4 rings (SSSR count). The fourth-order valence-electron chi connectivity index (χ4n) is 3.68. The van der Waals surface area contributed by atoms with Crippen molar-refractivity contribution in [3.8, 4) is 0 Å². The van der Waals surface area contributed by atoms with Gasteiger partial charge in [0.25, 0.3) is 0 Å². The summed E-state index contributed by atoms with van der Waals surface area (Å²) in [6.07, 6.45) is 4.22. The summed E-state index contributed by atoms with van der Waals surface area (Å²) in [5.74, 6) is 1.30. The van der Waals surface area contributed by atoms with E-state index in [1.165, 1.54) is 18.4 Å². The number of rotatable bonds is 7. The fourth-order valence-corrected chi connectivity index (χ4v) is 10.8. The number of aromatic nitrogens is 1. The first-order valence-electron chi connectivity index (χ1n) is 9.73. The van der Waals surface area contributed by atoms with Gasteiger partial charge in [-0.05, 0) is 0 Å². The van der Waals surface area contributed by atoms with Crippen molar-refractivity contribution in [2.75, 3.05) is 15.9 Å². The first kappa shape index (κ1) is 19.6. The summed E-state index contributed by atoms with van der Waals surface area (Å²) in [6, 6.07) is 20.4. The maximum atomic E-state index is 11.8. The van der Waals surface area contributed by atoms with Gasteiger partial charge in [0.05, 0.1) is 0 Å². The van der Waals surface area contributed by atoms with Crippen molar-refractivity contribution in [2.45, 2.75) is 29.5 Å². The van der Waals surface area contributed by atoms with E-state index in [-0.39, 0.29) is 0 Å². The van der Waals surface area contributed by atoms with E-state index in [1.807, 2.05) is 36.4 Å². The summed E-state index contributed by atoms with van der Waals surface area (Å²) in [5.41, 5.74) is 2.21. The Morgan fingerprint density at radius 1 is 1.00 bits per heavy atom. The van der Waals surface area contributed by atoms with Crippen LogP contribution in [0.5, 0.6) is 0 Å². The molecular weight excluding hydrogens is 463 g/mol. The van der Waals surface area contributed by atoms with Crippen molar-refractivity contribution in [3.63, 3.8) is 0 Å². The van der Waals surface area contributed by atoms with E-state index >= 15 is 0 Å². The third-order valence-corrected chi connectivity index (χ3v) is 12.5. The number of hydrogen-bond donors (Lipinski definition) is 1. The summed E-state index contributed by atoms with van der Waals surface area (Å²) in [4.78, 5) is 6.77. The Balaban J connectivity index is 1.55. The van der Waals surface area contributed by atoms with Gasteiger partial charge in [0.15, 0.2) is 0 Å². The van der Waals surface area contributed by atoms with Crippen LogP contribution in [0.15, 0.2) is 71.3 Å². The Morgan fingerprint density at radius 3 is 2.32 bits per heavy atom. The van der Waals surface area contributed by atoms with E-state index in [0.717, 1.165) is 26.7 Å². The van der Waals surface area contributed by atoms with Gasteiger partial charge in [-0.15, -0.1) is 0 Å². The Labute approximate surface area is 174 Å². The van der Waals surface area contributed by atoms with Crippen molar-refractivity contribution in [3.05, 3.63) is 89.6 Å². The van der Waals surface area contributed by atoms with E-state index in [9.17, 15) is 5.11 Å². The number of aliphatic hydroxyl groups is 1. The summed E-state index contributed by atoms with van der Waals surface area (Å²) in [5, 5.41) is 11.8. The molecule has 1 fully saturated rings. The van der Waals surface area contributed by atoms with Crippen LogP contribution < -0.4 is 0 Å². The van der Waals surface area contributed by atoms with Crippen molar-refractivity contribution in [2.24, 2.45) is 0 Å². The second-order valence-corrected chi connectivity index (χ2v) is 13.6. The van der Waals surface area contributed by atoms with Gasteiger partial charge < -0.3 is 0 Å². The Morgan fingerprint density at radius 2 is 1.64 bits per heavy atom. The number of nitrogens with zero attached hydrogens (tertiary/aromatic N) is 2. The third kappa shape index (κ3) is 4.16. The predicted molar refractivity (Wildman–Crippen MR) is 121 cm³/mol. The molecule has 0 aliphatic carbocycles. The van der Waals surface area contributed by atoms with Crippen molar-refractivity contribution >= 4 is 19.8 Å². The Kier molecular flexibility index (Phi) is 6.13. The molecule has 148 valence electrons. The summed E-state index contributed by atoms with van der Waals surface area (Å²) in [7, 11) is 2.07. The van der Waals surface area contributed by atoms with Crippen molar-refractivity contribution < 1.29 is 9.52 Å². The van der Waals surface area contributed by atoms with Gasteiger partial charge in [-0.1, -0.05) is 0 Å². The van der Waals surface area contributed by atoms with Gasteiger partial charge in [-0.25, -0.2) is 0 Å². The van der Waals surface area contributed by atoms with Crippen LogP contribution in [0.2, 0.25) is 0 Å². The van der Waals surface area contributed by atoms with Crippen LogP contribution in [-0.2, 0) is 16.7 Å². The Hall–Kier alpha value is -1.70. The first-order valence-corrected chi connectivity index (χ1v) is 13.9. The molecule has 1 unspecified atom stereocenters. The molecule has 3 aromatic rings. The number of benzene rings is 2. The van der Waals surface area contributed by atoms with Crippen LogP contribution in [0, 0.1) is 0 Å². The normalized spacial score (nSPS) is 17.8. The zero-order valence-electron chi connectivity index (χ0n) is 16.2. The van der Waals surface area contributed by atoms with Gasteiger partial charge >= 0.3 is 174 Å². The Bertz CT molecular complexity index is 878. The number of hydrogen-bond acceptors (Lipinski definition) is 4. The van der Waals surface area contributed by atoms with Crippen LogP contribution in [0.3, 0.4) is 0 Å². The molecule has 1 atom stereocenters. The van der Waals surface area contributed by atoms with Crippen LogP contribution in [0.4, 0.5) is 0 Å². The van der Waals surface area contributed by atoms with Crippen LogP contribution in [0.1, 0.15) is 35.6 Å². The molecule has 0 spiro atoms. The molecular formula is C23H27IN2O2. The molecule has 0 amide bonds. The third-order valence-electron chi connectivity index (χ3n) is 5.07. The molecule has 1 saturated heterocycles. The maximum absolute atomic E-state index is 11.8. The standard InChI is InChI=1S/C23H27IN2O2/c1-26(17-19-10-4-2-5-11-19)18-21-16-25-22(28-21)23(27,24-14-8-9-15-24)20-12-6-3-7-13-20/h2-7,10-13,16,27H,8-9,14-15,17-18H2,1H3. The molecule has 4 nitrogen and oxygen atoms in total. The van der Waals surface area contributed by atoms with Crippen LogP contribution in [-0.4, -0.2) is 30.9 Å². The molecule has 1 aromatic heterocycles. The SMILES string of the molecule is CN(Cc1ccccc1)Cc1cnc(C(O)(c2ccccc2)I2CCCC2)o1. The average molecular weight is 490 g/mol. The number of alkyl halides is 3. The van der Waals surface area contributed by atoms with E-state index in [1.54, 1.807) is 6.20 Å². The topological polar surface area (TPSA) is 49.5 Å². The van der Waals surface area contributed by atoms with Crippen molar-refractivity contribution in [1.29, 1.82) is 0 Å². The molecule has 5 heteroatoms. The molecule has 0 bridgehead atoms. The summed E-state index contributed by atoms with van der Waals surface area (Å²) >= 11 is -1.66. The van der Waals surface area contributed by atoms with E-state index < -0.39 is 23.4 Å². The van der Waals surface area contributed by atoms with Crippen LogP contribution >= 0.6 is 19.8 Å². The zero-order chi connectivity index (χ0) is 19.4. The van der Waals surface area contributed by atoms with E-state index in [4.69, 9.17) is 4.42 Å². The zero-order valence-corrected chi connectivity index (χ0v) is 18.4. The quantitative estimate of drug-likeness (QED) is 0.382. The van der Waals surface area contributed by atoms with Gasteiger partial charge in [-0.2, -0.15) is 0 Å². The molecule has 1 N–H and O–H groups in total. The van der Waals surface area contributed by atoms with Gasteiger partial charge in [-0.3, -0.25) is 0 Å². The minimum absolute atomic E-state index is 0.494. The monoisotopic (exact) mass is 490 g/mol. The fraction of sp³-hybridized carbons (Fsp3) is 0.348. The molecule has 2 heterocycles. The van der Waals surface area contributed by atoms with Gasteiger partial charge in [0.2, 0.25) is 0 Å². The predicted octanol–water partition coefficient (Wildman–Crippen LogP) is 4.80. The van der Waals surface area contributed by atoms with Gasteiger partial charge in [0, 0.05) is 0 Å². The van der Waals surface area contributed by atoms with Crippen LogP contribution in [0.25, 0.3) is 0 Å². The first-order chi connectivity index (χ1) is 13.7. The molecule has 28 heavy (non-hydrogen) atoms. The number of oxazole rings is 1. The molecule has 1 aliphatic heterocycles. The number of halogens is 1. The van der Waals surface area contributed by atoms with Crippen molar-refractivity contribution in [1.82, 2.24) is 9.88 Å². The second kappa shape index (κ2) is 8.76. The molecule has 0 saturated carbocycles. The van der Waals surface area contributed by atoms with E-state index in [0.29, 0.717) is 12.4 Å². The molecule has 0 radical (unpaired) electrons. The van der Waals surface area contributed by atoms with Gasteiger partial charge in [0.1, 0.15) is 0 Å². The minimum atomic E-state index is -1.66. The average Bonchev–Trinajstić information content (AvgIpc) is 3.41. The molecule has 2 aromatic carbocycles. The second-order valence-electron chi connectivity index (χ2n) is 7.32.